The molecule has 1 aliphatic carbocycles. The molecule has 20 heavy (non-hydrogen) atoms. The predicted octanol–water partition coefficient (Wildman–Crippen LogP) is 2.84. The van der Waals surface area contributed by atoms with Gasteiger partial charge in [0.05, 0.1) is 12.6 Å². The van der Waals surface area contributed by atoms with Crippen LogP contribution in [0, 0.1) is 6.92 Å². The third-order valence-electron chi connectivity index (χ3n) is 4.05. The van der Waals surface area contributed by atoms with Crippen LogP contribution in [0.2, 0.25) is 0 Å². The summed E-state index contributed by atoms with van der Waals surface area (Å²) in [6, 6.07) is 8.88. The average Bonchev–Trinajstić information content (AvgIpc) is 2.84. The lowest BCUT2D eigenvalue weighted by atomic mass is 10.1. The number of fused-ring (bicyclic) bond motifs is 1. The van der Waals surface area contributed by atoms with Gasteiger partial charge in [-0.1, -0.05) is 0 Å². The van der Waals surface area contributed by atoms with E-state index in [1.54, 1.807) is 7.11 Å². The highest BCUT2D eigenvalue weighted by Crippen LogP contribution is 2.26. The molecule has 0 amide bonds. The minimum absolute atomic E-state index is 0.332. The summed E-state index contributed by atoms with van der Waals surface area (Å²) in [6.45, 7) is 2.11. The van der Waals surface area contributed by atoms with Crippen LogP contribution in [0.3, 0.4) is 0 Å². The summed E-state index contributed by atoms with van der Waals surface area (Å²) in [7, 11) is 1.68. The molecule has 1 aromatic heterocycles. The fraction of sp³-hybridized carbons (Fsp3) is 0.438. The molecule has 2 atom stereocenters. The molecule has 0 aliphatic heterocycles. The van der Waals surface area contributed by atoms with Crippen LogP contribution >= 0.6 is 0 Å². The summed E-state index contributed by atoms with van der Waals surface area (Å²) in [5.74, 6) is 1.81. The first-order chi connectivity index (χ1) is 9.65. The Morgan fingerprint density at radius 3 is 2.85 bits per heavy atom. The van der Waals surface area contributed by atoms with Crippen molar-refractivity contribution in [2.24, 2.45) is 5.73 Å². The lowest BCUT2D eigenvalue weighted by Gasteiger charge is -2.15. The molecular weight excluding hydrogens is 250 g/mol. The first-order valence-corrected chi connectivity index (χ1v) is 7.13. The Labute approximate surface area is 119 Å². The minimum Gasteiger partial charge on any atom is -0.497 e. The Morgan fingerprint density at radius 2 is 2.15 bits per heavy atom. The number of hydrogen-bond acceptors (Lipinski definition) is 4. The maximum absolute atomic E-state index is 5.96. The highest BCUT2D eigenvalue weighted by Gasteiger charge is 2.21. The third kappa shape index (κ3) is 2.56. The van der Waals surface area contributed by atoms with E-state index < -0.39 is 0 Å². The zero-order chi connectivity index (χ0) is 14.1. The summed E-state index contributed by atoms with van der Waals surface area (Å²) in [6.07, 6.45) is 3.26. The Balaban J connectivity index is 1.89. The quantitative estimate of drug-likeness (QED) is 0.901. The first kappa shape index (κ1) is 13.2. The van der Waals surface area contributed by atoms with Crippen molar-refractivity contribution in [2.45, 2.75) is 38.3 Å². The van der Waals surface area contributed by atoms with Crippen molar-refractivity contribution in [2.75, 3.05) is 12.4 Å². The second-order valence-corrected chi connectivity index (χ2v) is 5.62. The molecule has 3 rings (SSSR count). The average molecular weight is 271 g/mol. The molecular formula is C16H21N3O. The van der Waals surface area contributed by atoms with E-state index in [0.717, 1.165) is 41.7 Å². The second kappa shape index (κ2) is 5.29. The normalized spacial score (nSPS) is 22.1. The summed E-state index contributed by atoms with van der Waals surface area (Å²) in [5.41, 5.74) is 8.16. The number of pyridine rings is 1. The van der Waals surface area contributed by atoms with Crippen molar-refractivity contribution in [3.63, 3.8) is 0 Å². The number of aromatic nitrogens is 1. The molecule has 4 heteroatoms. The van der Waals surface area contributed by atoms with E-state index in [0.29, 0.717) is 12.1 Å². The largest absolute Gasteiger partial charge is 0.497 e. The van der Waals surface area contributed by atoms with Crippen LogP contribution in [0.4, 0.5) is 5.82 Å². The van der Waals surface area contributed by atoms with Gasteiger partial charge in [-0.3, -0.25) is 0 Å². The zero-order valence-corrected chi connectivity index (χ0v) is 12.0. The van der Waals surface area contributed by atoms with Gasteiger partial charge in [0.1, 0.15) is 11.6 Å². The zero-order valence-electron chi connectivity index (χ0n) is 12.0. The maximum atomic E-state index is 5.96. The molecule has 2 unspecified atom stereocenters. The third-order valence-corrected chi connectivity index (χ3v) is 4.05. The number of hydrogen-bond donors (Lipinski definition) is 2. The number of nitrogens with one attached hydrogen (secondary N) is 1. The number of anilines is 1. The van der Waals surface area contributed by atoms with Gasteiger partial charge < -0.3 is 15.8 Å². The Hall–Kier alpha value is -1.81. The number of nitrogens with zero attached hydrogens (tertiary/aromatic N) is 1. The lowest BCUT2D eigenvalue weighted by molar-refractivity contribution is 0.415. The van der Waals surface area contributed by atoms with Gasteiger partial charge >= 0.3 is 0 Å². The molecule has 0 bridgehead atoms. The van der Waals surface area contributed by atoms with Crippen LogP contribution in [0.25, 0.3) is 10.9 Å². The predicted molar refractivity (Wildman–Crippen MR) is 82.3 cm³/mol. The number of benzene rings is 1. The van der Waals surface area contributed by atoms with Gasteiger partial charge in [-0.05, 0) is 56.0 Å². The molecule has 0 radical (unpaired) electrons. The summed E-state index contributed by atoms with van der Waals surface area (Å²) >= 11 is 0. The molecule has 0 saturated heterocycles. The molecule has 1 aliphatic rings. The van der Waals surface area contributed by atoms with E-state index in [2.05, 4.69) is 18.3 Å². The molecule has 0 spiro atoms. The summed E-state index contributed by atoms with van der Waals surface area (Å²) < 4.78 is 5.27. The van der Waals surface area contributed by atoms with Gasteiger partial charge in [0.2, 0.25) is 0 Å². The van der Waals surface area contributed by atoms with Crippen LogP contribution in [0.15, 0.2) is 24.3 Å². The molecule has 4 nitrogen and oxygen atoms in total. The van der Waals surface area contributed by atoms with Crippen LogP contribution in [0.1, 0.15) is 24.8 Å². The van der Waals surface area contributed by atoms with Crippen molar-refractivity contribution in [3.05, 3.63) is 29.8 Å². The van der Waals surface area contributed by atoms with Crippen molar-refractivity contribution in [1.82, 2.24) is 4.98 Å². The summed E-state index contributed by atoms with van der Waals surface area (Å²) in [5, 5.41) is 4.65. The SMILES string of the molecule is COc1ccc2nc(NC3CCC(N)C3)cc(C)c2c1. The van der Waals surface area contributed by atoms with Gasteiger partial charge in [0, 0.05) is 17.5 Å². The number of methoxy groups -OCH3 is 1. The fourth-order valence-corrected chi connectivity index (χ4v) is 2.93. The molecule has 106 valence electrons. The summed E-state index contributed by atoms with van der Waals surface area (Å²) in [4.78, 5) is 4.69. The number of rotatable bonds is 3. The van der Waals surface area contributed by atoms with E-state index in [-0.39, 0.29) is 0 Å². The number of nitrogens with two attached hydrogens (primary N) is 1. The highest BCUT2D eigenvalue weighted by molar-refractivity contribution is 5.85. The minimum atomic E-state index is 0.332. The van der Waals surface area contributed by atoms with Gasteiger partial charge in [-0.15, -0.1) is 0 Å². The van der Waals surface area contributed by atoms with Gasteiger partial charge in [-0.25, -0.2) is 4.98 Å². The Bertz CT molecular complexity index is 626. The molecule has 2 aromatic rings. The number of ether oxygens (including phenoxy) is 1. The van der Waals surface area contributed by atoms with Crippen molar-refractivity contribution < 1.29 is 4.74 Å². The Kier molecular flexibility index (Phi) is 3.49. The Morgan fingerprint density at radius 1 is 1.30 bits per heavy atom. The van der Waals surface area contributed by atoms with Crippen LogP contribution in [-0.2, 0) is 0 Å². The first-order valence-electron chi connectivity index (χ1n) is 7.13. The topological polar surface area (TPSA) is 60.2 Å². The highest BCUT2D eigenvalue weighted by atomic mass is 16.5. The van der Waals surface area contributed by atoms with Crippen molar-refractivity contribution >= 4 is 16.7 Å². The van der Waals surface area contributed by atoms with Crippen molar-refractivity contribution in [1.29, 1.82) is 0 Å². The fourth-order valence-electron chi connectivity index (χ4n) is 2.93. The second-order valence-electron chi connectivity index (χ2n) is 5.62. The molecule has 1 heterocycles. The van der Waals surface area contributed by atoms with E-state index in [1.165, 1.54) is 5.56 Å². The monoisotopic (exact) mass is 271 g/mol. The molecule has 1 fully saturated rings. The van der Waals surface area contributed by atoms with E-state index in [4.69, 9.17) is 15.5 Å². The van der Waals surface area contributed by atoms with Gasteiger partial charge in [0.25, 0.3) is 0 Å². The molecule has 1 saturated carbocycles. The van der Waals surface area contributed by atoms with E-state index >= 15 is 0 Å². The standard InChI is InChI=1S/C16H21N3O/c1-10-7-16(18-12-4-3-11(17)8-12)19-15-6-5-13(20-2)9-14(10)15/h5-7,9,11-12H,3-4,8,17H2,1-2H3,(H,18,19). The molecule has 3 N–H and O–H groups in total. The van der Waals surface area contributed by atoms with Crippen LogP contribution in [0.5, 0.6) is 5.75 Å². The van der Waals surface area contributed by atoms with Gasteiger partial charge in [-0.2, -0.15) is 0 Å². The van der Waals surface area contributed by atoms with Gasteiger partial charge in [0.15, 0.2) is 0 Å². The maximum Gasteiger partial charge on any atom is 0.127 e. The van der Waals surface area contributed by atoms with E-state index in [1.807, 2.05) is 18.2 Å². The van der Waals surface area contributed by atoms with E-state index in [9.17, 15) is 0 Å². The molecule has 1 aromatic carbocycles. The smallest absolute Gasteiger partial charge is 0.127 e. The number of aryl methyl sites for hydroxylation is 1. The van der Waals surface area contributed by atoms with Crippen molar-refractivity contribution in [3.8, 4) is 5.75 Å². The lowest BCUT2D eigenvalue weighted by Crippen LogP contribution is -2.21. The van der Waals surface area contributed by atoms with Crippen LogP contribution < -0.4 is 15.8 Å². The van der Waals surface area contributed by atoms with Crippen LogP contribution in [-0.4, -0.2) is 24.2 Å².